The molecule has 0 radical (unpaired) electrons. The fourth-order valence-electron chi connectivity index (χ4n) is 3.27. The molecule has 3 rings (SSSR count). The first-order valence-electron chi connectivity index (χ1n) is 8.96. The zero-order valence-corrected chi connectivity index (χ0v) is 14.6. The van der Waals surface area contributed by atoms with E-state index < -0.39 is 4.92 Å². The SMILES string of the molecule is O=C(NC1CCCCC1)C(=Cc1ccc([N+](=O)[O-])cc1)c1ccccc1. The Labute approximate surface area is 152 Å². The van der Waals surface area contributed by atoms with Gasteiger partial charge in [0.1, 0.15) is 0 Å². The monoisotopic (exact) mass is 350 g/mol. The van der Waals surface area contributed by atoms with Crippen molar-refractivity contribution in [3.8, 4) is 0 Å². The maximum absolute atomic E-state index is 12.9. The van der Waals surface area contributed by atoms with Crippen LogP contribution in [0.4, 0.5) is 5.69 Å². The summed E-state index contributed by atoms with van der Waals surface area (Å²) in [7, 11) is 0. The molecule has 2 aromatic carbocycles. The Morgan fingerprint density at radius 2 is 1.65 bits per heavy atom. The van der Waals surface area contributed by atoms with Crippen molar-refractivity contribution < 1.29 is 9.72 Å². The molecule has 1 aliphatic rings. The molecule has 2 aromatic rings. The highest BCUT2D eigenvalue weighted by molar-refractivity contribution is 6.24. The van der Waals surface area contributed by atoms with Crippen molar-refractivity contribution in [3.05, 3.63) is 75.8 Å². The zero-order valence-electron chi connectivity index (χ0n) is 14.6. The van der Waals surface area contributed by atoms with Crippen LogP contribution >= 0.6 is 0 Å². The lowest BCUT2D eigenvalue weighted by molar-refractivity contribution is -0.384. The summed E-state index contributed by atoms with van der Waals surface area (Å²) in [6, 6.07) is 16.0. The lowest BCUT2D eigenvalue weighted by Crippen LogP contribution is -2.36. The Bertz CT molecular complexity index is 792. The summed E-state index contributed by atoms with van der Waals surface area (Å²) in [6.45, 7) is 0. The lowest BCUT2D eigenvalue weighted by atomic mass is 9.94. The summed E-state index contributed by atoms with van der Waals surface area (Å²) >= 11 is 0. The average Bonchev–Trinajstić information content (AvgIpc) is 2.68. The van der Waals surface area contributed by atoms with Crippen LogP contribution in [0.15, 0.2) is 54.6 Å². The molecule has 1 N–H and O–H groups in total. The van der Waals surface area contributed by atoms with Crippen molar-refractivity contribution in [1.82, 2.24) is 5.32 Å². The minimum Gasteiger partial charge on any atom is -0.349 e. The Balaban J connectivity index is 1.87. The number of nitrogens with one attached hydrogen (secondary N) is 1. The van der Waals surface area contributed by atoms with Crippen molar-refractivity contribution in [2.75, 3.05) is 0 Å². The van der Waals surface area contributed by atoms with Crippen LogP contribution in [0, 0.1) is 10.1 Å². The van der Waals surface area contributed by atoms with Gasteiger partial charge >= 0.3 is 0 Å². The van der Waals surface area contributed by atoms with E-state index >= 15 is 0 Å². The van der Waals surface area contributed by atoms with Gasteiger partial charge in [0, 0.05) is 23.7 Å². The lowest BCUT2D eigenvalue weighted by Gasteiger charge is -2.23. The summed E-state index contributed by atoms with van der Waals surface area (Å²) in [6.07, 6.45) is 7.36. The van der Waals surface area contributed by atoms with Crippen LogP contribution in [-0.2, 0) is 4.79 Å². The van der Waals surface area contributed by atoms with Gasteiger partial charge in [0.15, 0.2) is 0 Å². The number of hydrogen-bond acceptors (Lipinski definition) is 3. The Hall–Kier alpha value is -2.95. The molecule has 0 bridgehead atoms. The van der Waals surface area contributed by atoms with Gasteiger partial charge in [-0.15, -0.1) is 0 Å². The number of amides is 1. The van der Waals surface area contributed by atoms with Crippen molar-refractivity contribution in [2.45, 2.75) is 38.1 Å². The third-order valence-electron chi connectivity index (χ3n) is 4.68. The summed E-state index contributed by atoms with van der Waals surface area (Å²) in [5.41, 5.74) is 2.20. The molecule has 0 saturated heterocycles. The van der Waals surface area contributed by atoms with Crippen LogP contribution in [-0.4, -0.2) is 16.9 Å². The molecule has 0 spiro atoms. The first-order chi connectivity index (χ1) is 12.6. The van der Waals surface area contributed by atoms with E-state index in [0.29, 0.717) is 5.57 Å². The van der Waals surface area contributed by atoms with Gasteiger partial charge < -0.3 is 5.32 Å². The van der Waals surface area contributed by atoms with Crippen LogP contribution in [0.1, 0.15) is 43.2 Å². The predicted octanol–water partition coefficient (Wildman–Crippen LogP) is 4.58. The highest BCUT2D eigenvalue weighted by atomic mass is 16.6. The smallest absolute Gasteiger partial charge is 0.269 e. The molecule has 0 aliphatic heterocycles. The molecule has 1 saturated carbocycles. The molecular weight excluding hydrogens is 328 g/mol. The summed E-state index contributed by atoms with van der Waals surface area (Å²) in [5.74, 6) is -0.0959. The van der Waals surface area contributed by atoms with Gasteiger partial charge in [0.2, 0.25) is 0 Å². The third-order valence-corrected chi connectivity index (χ3v) is 4.68. The highest BCUT2D eigenvalue weighted by Gasteiger charge is 2.19. The summed E-state index contributed by atoms with van der Waals surface area (Å²) in [4.78, 5) is 23.3. The fraction of sp³-hybridized carbons (Fsp3) is 0.286. The average molecular weight is 350 g/mol. The predicted molar refractivity (Wildman–Crippen MR) is 102 cm³/mol. The Morgan fingerprint density at radius 1 is 1.00 bits per heavy atom. The number of non-ortho nitro benzene ring substituents is 1. The minimum absolute atomic E-state index is 0.0371. The van der Waals surface area contributed by atoms with Gasteiger partial charge in [-0.3, -0.25) is 14.9 Å². The van der Waals surface area contributed by atoms with E-state index in [1.54, 1.807) is 18.2 Å². The molecule has 1 aliphatic carbocycles. The second-order valence-electron chi connectivity index (χ2n) is 6.58. The van der Waals surface area contributed by atoms with Crippen molar-refractivity contribution in [2.24, 2.45) is 0 Å². The van der Waals surface area contributed by atoms with E-state index in [-0.39, 0.29) is 17.6 Å². The van der Waals surface area contributed by atoms with Crippen molar-refractivity contribution in [3.63, 3.8) is 0 Å². The Morgan fingerprint density at radius 3 is 2.27 bits per heavy atom. The molecule has 0 heterocycles. The van der Waals surface area contributed by atoms with E-state index in [4.69, 9.17) is 0 Å². The number of nitro groups is 1. The van der Waals surface area contributed by atoms with E-state index in [2.05, 4.69) is 5.32 Å². The second-order valence-corrected chi connectivity index (χ2v) is 6.58. The quantitative estimate of drug-likeness (QED) is 0.371. The van der Waals surface area contributed by atoms with Crippen molar-refractivity contribution in [1.29, 1.82) is 0 Å². The standard InChI is InChI=1S/C21H22N2O3/c24-21(22-18-9-5-2-6-10-18)20(17-7-3-1-4-8-17)15-16-11-13-19(14-12-16)23(25)26/h1,3-4,7-8,11-15,18H,2,5-6,9-10H2,(H,22,24). The summed E-state index contributed by atoms with van der Waals surface area (Å²) < 4.78 is 0. The Kier molecular flexibility index (Phi) is 5.79. The summed E-state index contributed by atoms with van der Waals surface area (Å²) in [5, 5.41) is 14.0. The van der Waals surface area contributed by atoms with Crippen LogP contribution in [0.2, 0.25) is 0 Å². The minimum atomic E-state index is -0.429. The third kappa shape index (κ3) is 4.57. The normalized spacial score (nSPS) is 15.5. The van der Waals surface area contributed by atoms with E-state index in [1.807, 2.05) is 30.3 Å². The molecule has 0 unspecified atom stereocenters. The molecule has 134 valence electrons. The van der Waals surface area contributed by atoms with Crippen LogP contribution in [0.25, 0.3) is 11.6 Å². The van der Waals surface area contributed by atoms with E-state index in [9.17, 15) is 14.9 Å². The molecule has 5 nitrogen and oxygen atoms in total. The number of rotatable bonds is 5. The maximum Gasteiger partial charge on any atom is 0.269 e. The van der Waals surface area contributed by atoms with Gasteiger partial charge in [-0.25, -0.2) is 0 Å². The van der Waals surface area contributed by atoms with E-state index in [0.717, 1.165) is 36.8 Å². The number of carbonyl (C=O) groups excluding carboxylic acids is 1. The fourth-order valence-corrected chi connectivity index (χ4v) is 3.27. The number of carbonyl (C=O) groups is 1. The van der Waals surface area contributed by atoms with Gasteiger partial charge in [-0.1, -0.05) is 49.6 Å². The number of hydrogen-bond donors (Lipinski definition) is 1. The molecule has 0 atom stereocenters. The van der Waals surface area contributed by atoms with Gasteiger partial charge in [0.25, 0.3) is 11.6 Å². The van der Waals surface area contributed by atoms with Gasteiger partial charge in [-0.05, 0) is 42.2 Å². The van der Waals surface area contributed by atoms with Crippen LogP contribution in [0.5, 0.6) is 0 Å². The molecular formula is C21H22N2O3. The molecule has 1 amide bonds. The molecule has 1 fully saturated rings. The molecule has 5 heteroatoms. The van der Waals surface area contributed by atoms with Gasteiger partial charge in [-0.2, -0.15) is 0 Å². The van der Waals surface area contributed by atoms with Gasteiger partial charge in [0.05, 0.1) is 4.92 Å². The number of nitro benzene ring substituents is 1. The van der Waals surface area contributed by atoms with E-state index in [1.165, 1.54) is 18.6 Å². The number of nitrogens with zero attached hydrogens (tertiary/aromatic N) is 1. The number of benzene rings is 2. The topological polar surface area (TPSA) is 72.2 Å². The largest absolute Gasteiger partial charge is 0.349 e. The van der Waals surface area contributed by atoms with Crippen LogP contribution < -0.4 is 5.32 Å². The second kappa shape index (κ2) is 8.43. The zero-order chi connectivity index (χ0) is 18.4. The first-order valence-corrected chi connectivity index (χ1v) is 8.96. The molecule has 26 heavy (non-hydrogen) atoms. The van der Waals surface area contributed by atoms with Crippen molar-refractivity contribution >= 4 is 23.2 Å². The highest BCUT2D eigenvalue weighted by Crippen LogP contribution is 2.23. The first kappa shape index (κ1) is 17.9. The van der Waals surface area contributed by atoms with Crippen LogP contribution in [0.3, 0.4) is 0 Å². The molecule has 0 aromatic heterocycles. The maximum atomic E-state index is 12.9.